The van der Waals surface area contributed by atoms with Crippen molar-refractivity contribution in [2.24, 2.45) is 11.7 Å². The average molecular weight is 230 g/mol. The predicted octanol–water partition coefficient (Wildman–Crippen LogP) is 1.41. The summed E-state index contributed by atoms with van der Waals surface area (Å²) in [6.07, 6.45) is 4.10. The molecule has 1 saturated heterocycles. The third-order valence-electron chi connectivity index (χ3n) is 2.86. The number of nitrogens with two attached hydrogens (primary N) is 1. The Balaban J connectivity index is 2.22. The van der Waals surface area contributed by atoms with E-state index in [0.29, 0.717) is 11.1 Å². The molecule has 4 heteroatoms. The number of likely N-dealkylation sites (N-methyl/N-ethyl adjacent to an activating group) is 1. The van der Waals surface area contributed by atoms with Gasteiger partial charge in [0.2, 0.25) is 0 Å². The standard InChI is InChI=1S/C11H22N2OS/c1-9(11(12)15)7-13(2)8-10-5-3-4-6-14-10/h9-10H,3-8H2,1-2H3,(H2,12,15). The Labute approximate surface area is 98.0 Å². The van der Waals surface area contributed by atoms with Gasteiger partial charge < -0.3 is 15.4 Å². The van der Waals surface area contributed by atoms with E-state index in [9.17, 15) is 0 Å². The van der Waals surface area contributed by atoms with E-state index in [1.54, 1.807) is 0 Å². The molecule has 1 aliphatic rings. The van der Waals surface area contributed by atoms with Gasteiger partial charge in [-0.1, -0.05) is 19.1 Å². The van der Waals surface area contributed by atoms with Gasteiger partial charge in [0.15, 0.2) is 0 Å². The maximum absolute atomic E-state index is 5.68. The lowest BCUT2D eigenvalue weighted by Crippen LogP contribution is -2.38. The van der Waals surface area contributed by atoms with Crippen LogP contribution < -0.4 is 5.73 Å². The summed E-state index contributed by atoms with van der Waals surface area (Å²) < 4.78 is 5.68. The lowest BCUT2D eigenvalue weighted by Gasteiger charge is -2.28. The van der Waals surface area contributed by atoms with Gasteiger partial charge >= 0.3 is 0 Å². The zero-order chi connectivity index (χ0) is 11.3. The molecule has 0 spiro atoms. The van der Waals surface area contributed by atoms with E-state index in [-0.39, 0.29) is 5.92 Å². The minimum absolute atomic E-state index is 0.286. The van der Waals surface area contributed by atoms with Gasteiger partial charge in [-0.2, -0.15) is 0 Å². The molecule has 0 aliphatic carbocycles. The first-order valence-electron chi connectivity index (χ1n) is 5.69. The van der Waals surface area contributed by atoms with E-state index in [1.165, 1.54) is 19.3 Å². The van der Waals surface area contributed by atoms with E-state index in [2.05, 4.69) is 18.9 Å². The van der Waals surface area contributed by atoms with Crippen molar-refractivity contribution in [1.82, 2.24) is 4.90 Å². The number of thiocarbonyl (C=S) groups is 1. The first kappa shape index (κ1) is 12.9. The molecule has 0 amide bonds. The molecule has 0 aromatic carbocycles. The van der Waals surface area contributed by atoms with Crippen LogP contribution in [0.1, 0.15) is 26.2 Å². The van der Waals surface area contributed by atoms with Gasteiger partial charge in [-0.3, -0.25) is 0 Å². The highest BCUT2D eigenvalue weighted by Gasteiger charge is 2.17. The largest absolute Gasteiger partial charge is 0.393 e. The number of ether oxygens (including phenoxy) is 1. The molecule has 1 heterocycles. The van der Waals surface area contributed by atoms with Crippen LogP contribution >= 0.6 is 12.2 Å². The summed E-state index contributed by atoms with van der Waals surface area (Å²) >= 11 is 4.96. The molecule has 0 aromatic heterocycles. The Hall–Kier alpha value is -0.190. The summed E-state index contributed by atoms with van der Waals surface area (Å²) in [5, 5.41) is 0. The first-order chi connectivity index (χ1) is 7.09. The van der Waals surface area contributed by atoms with Crippen molar-refractivity contribution < 1.29 is 4.74 Å². The van der Waals surface area contributed by atoms with Crippen molar-refractivity contribution in [1.29, 1.82) is 0 Å². The van der Waals surface area contributed by atoms with Crippen LogP contribution in [0.3, 0.4) is 0 Å². The van der Waals surface area contributed by atoms with Gasteiger partial charge in [0, 0.05) is 25.6 Å². The van der Waals surface area contributed by atoms with Gasteiger partial charge in [0.05, 0.1) is 11.1 Å². The maximum atomic E-state index is 5.68. The third-order valence-corrected chi connectivity index (χ3v) is 3.26. The topological polar surface area (TPSA) is 38.5 Å². The highest BCUT2D eigenvalue weighted by Crippen LogP contribution is 2.13. The molecule has 1 fully saturated rings. The minimum Gasteiger partial charge on any atom is -0.393 e. The molecule has 1 rings (SSSR count). The Morgan fingerprint density at radius 2 is 2.33 bits per heavy atom. The Morgan fingerprint density at radius 1 is 1.60 bits per heavy atom. The summed E-state index contributed by atoms with van der Waals surface area (Å²) in [6, 6.07) is 0. The lowest BCUT2D eigenvalue weighted by molar-refractivity contribution is -0.00216. The van der Waals surface area contributed by atoms with Gasteiger partial charge in [0.1, 0.15) is 0 Å². The summed E-state index contributed by atoms with van der Waals surface area (Å²) in [4.78, 5) is 2.87. The van der Waals surface area contributed by atoms with Crippen LogP contribution in [0.25, 0.3) is 0 Å². The van der Waals surface area contributed by atoms with Gasteiger partial charge in [-0.25, -0.2) is 0 Å². The molecule has 0 bridgehead atoms. The molecule has 88 valence electrons. The van der Waals surface area contributed by atoms with Crippen LogP contribution in [0, 0.1) is 5.92 Å². The molecule has 0 aromatic rings. The second-order valence-electron chi connectivity index (χ2n) is 4.51. The van der Waals surface area contributed by atoms with Crippen molar-refractivity contribution in [3.8, 4) is 0 Å². The lowest BCUT2D eigenvalue weighted by atomic mass is 10.1. The third kappa shape index (κ3) is 4.91. The molecule has 2 N–H and O–H groups in total. The highest BCUT2D eigenvalue weighted by molar-refractivity contribution is 7.80. The predicted molar refractivity (Wildman–Crippen MR) is 67.0 cm³/mol. The van der Waals surface area contributed by atoms with Crippen LogP contribution in [-0.2, 0) is 4.74 Å². The summed E-state index contributed by atoms with van der Waals surface area (Å²) in [7, 11) is 2.10. The number of nitrogens with zero attached hydrogens (tertiary/aromatic N) is 1. The fourth-order valence-electron chi connectivity index (χ4n) is 1.93. The van der Waals surface area contributed by atoms with E-state index in [1.807, 2.05) is 0 Å². The van der Waals surface area contributed by atoms with Crippen molar-refractivity contribution in [3.05, 3.63) is 0 Å². The fraction of sp³-hybridized carbons (Fsp3) is 0.909. The van der Waals surface area contributed by atoms with E-state index >= 15 is 0 Å². The second-order valence-corrected chi connectivity index (χ2v) is 4.98. The maximum Gasteiger partial charge on any atom is 0.0768 e. The van der Waals surface area contributed by atoms with E-state index in [0.717, 1.165) is 19.7 Å². The van der Waals surface area contributed by atoms with Gasteiger partial charge in [-0.15, -0.1) is 0 Å². The van der Waals surface area contributed by atoms with Crippen molar-refractivity contribution in [2.45, 2.75) is 32.3 Å². The second kappa shape index (κ2) is 6.40. The van der Waals surface area contributed by atoms with Crippen LogP contribution in [0.4, 0.5) is 0 Å². The molecular weight excluding hydrogens is 208 g/mol. The molecule has 3 nitrogen and oxygen atoms in total. The van der Waals surface area contributed by atoms with Crippen molar-refractivity contribution >= 4 is 17.2 Å². The Bertz CT molecular complexity index is 205. The van der Waals surface area contributed by atoms with E-state index < -0.39 is 0 Å². The molecule has 0 saturated carbocycles. The van der Waals surface area contributed by atoms with Crippen LogP contribution in [0.15, 0.2) is 0 Å². The van der Waals surface area contributed by atoms with Gasteiger partial charge in [-0.05, 0) is 26.3 Å². The van der Waals surface area contributed by atoms with Crippen LogP contribution in [0.5, 0.6) is 0 Å². The molecule has 1 aliphatic heterocycles. The summed E-state index contributed by atoms with van der Waals surface area (Å²) in [6.45, 7) is 4.91. The molecule has 0 radical (unpaired) electrons. The molecular formula is C11H22N2OS. The average Bonchev–Trinajstić information content (AvgIpc) is 2.18. The van der Waals surface area contributed by atoms with E-state index in [4.69, 9.17) is 22.7 Å². The summed E-state index contributed by atoms with van der Waals surface area (Å²) in [5.41, 5.74) is 5.59. The Morgan fingerprint density at radius 3 is 2.87 bits per heavy atom. The van der Waals surface area contributed by atoms with Gasteiger partial charge in [0.25, 0.3) is 0 Å². The fourth-order valence-corrected chi connectivity index (χ4v) is 2.01. The first-order valence-corrected chi connectivity index (χ1v) is 6.10. The SMILES string of the molecule is CC(CN(C)CC1CCCCO1)C(N)=S. The zero-order valence-corrected chi connectivity index (χ0v) is 10.6. The minimum atomic E-state index is 0.286. The van der Waals surface area contributed by atoms with Crippen LogP contribution in [-0.4, -0.2) is 42.7 Å². The van der Waals surface area contributed by atoms with Crippen LogP contribution in [0.2, 0.25) is 0 Å². The molecule has 2 unspecified atom stereocenters. The monoisotopic (exact) mass is 230 g/mol. The smallest absolute Gasteiger partial charge is 0.0768 e. The van der Waals surface area contributed by atoms with Crippen molar-refractivity contribution in [2.75, 3.05) is 26.7 Å². The molecule has 15 heavy (non-hydrogen) atoms. The highest BCUT2D eigenvalue weighted by atomic mass is 32.1. The molecule has 2 atom stereocenters. The number of hydrogen-bond donors (Lipinski definition) is 1. The van der Waals surface area contributed by atoms with Crippen molar-refractivity contribution in [3.63, 3.8) is 0 Å². The summed E-state index contributed by atoms with van der Waals surface area (Å²) in [5.74, 6) is 0.286. The number of rotatable bonds is 5. The normalized spacial score (nSPS) is 24.1. The Kier molecular flexibility index (Phi) is 5.50. The quantitative estimate of drug-likeness (QED) is 0.725. The number of hydrogen-bond acceptors (Lipinski definition) is 3. The zero-order valence-electron chi connectivity index (χ0n) is 9.74.